The summed E-state index contributed by atoms with van der Waals surface area (Å²) in [5.41, 5.74) is 0.0903. The van der Waals surface area contributed by atoms with E-state index in [1.54, 1.807) is 0 Å². The largest absolute Gasteiger partial charge is 0.302 e. The SMILES string of the molecule is CCC(=O)C12CCCN(CC1)C2. The molecule has 2 saturated heterocycles. The van der Waals surface area contributed by atoms with Gasteiger partial charge in [-0.05, 0) is 32.4 Å². The predicted octanol–water partition coefficient (Wildman–Crippen LogP) is 1.45. The van der Waals surface area contributed by atoms with Crippen molar-refractivity contribution in [3.8, 4) is 0 Å². The van der Waals surface area contributed by atoms with Crippen LogP contribution in [0.15, 0.2) is 0 Å². The first-order valence-corrected chi connectivity index (χ1v) is 5.02. The molecule has 0 aliphatic carbocycles. The highest BCUT2D eigenvalue weighted by atomic mass is 16.1. The van der Waals surface area contributed by atoms with E-state index in [1.165, 1.54) is 13.0 Å². The number of nitrogens with zero attached hydrogens (tertiary/aromatic N) is 1. The molecule has 2 aliphatic heterocycles. The van der Waals surface area contributed by atoms with Crippen molar-refractivity contribution in [2.24, 2.45) is 5.41 Å². The summed E-state index contributed by atoms with van der Waals surface area (Å²) in [6.07, 6.45) is 4.23. The second kappa shape index (κ2) is 2.84. The monoisotopic (exact) mass is 167 g/mol. The van der Waals surface area contributed by atoms with Crippen molar-refractivity contribution in [3.63, 3.8) is 0 Å². The van der Waals surface area contributed by atoms with E-state index in [0.29, 0.717) is 5.78 Å². The molecule has 2 rings (SSSR count). The first kappa shape index (κ1) is 8.24. The summed E-state index contributed by atoms with van der Waals surface area (Å²) in [4.78, 5) is 14.2. The molecule has 2 fully saturated rings. The third kappa shape index (κ3) is 1.09. The minimum absolute atomic E-state index is 0.0903. The number of fused-ring (bicyclic) bond motifs is 2. The summed E-state index contributed by atoms with van der Waals surface area (Å²) in [6.45, 7) is 5.43. The van der Waals surface area contributed by atoms with Gasteiger partial charge in [-0.15, -0.1) is 0 Å². The minimum atomic E-state index is 0.0903. The predicted molar refractivity (Wildman–Crippen MR) is 48.0 cm³/mol. The van der Waals surface area contributed by atoms with E-state index in [4.69, 9.17) is 0 Å². The lowest BCUT2D eigenvalue weighted by Gasteiger charge is -2.32. The van der Waals surface area contributed by atoms with Gasteiger partial charge in [-0.1, -0.05) is 6.92 Å². The molecule has 0 amide bonds. The average Bonchev–Trinajstić information content (AvgIpc) is 2.42. The Kier molecular flexibility index (Phi) is 1.95. The van der Waals surface area contributed by atoms with Gasteiger partial charge in [0.2, 0.25) is 0 Å². The molecule has 0 aromatic carbocycles. The molecule has 2 aliphatic rings. The Balaban J connectivity index is 2.15. The van der Waals surface area contributed by atoms with E-state index in [0.717, 1.165) is 32.4 Å². The highest BCUT2D eigenvalue weighted by Crippen LogP contribution is 2.40. The standard InChI is InChI=1S/C10H17NO/c1-2-9(12)10-4-3-6-11(8-10)7-5-10/h2-8H2,1H3. The fraction of sp³-hybridized carbons (Fsp3) is 0.900. The van der Waals surface area contributed by atoms with E-state index < -0.39 is 0 Å². The smallest absolute Gasteiger partial charge is 0.140 e. The second-order valence-corrected chi connectivity index (χ2v) is 4.19. The number of carbonyl (C=O) groups excluding carboxylic acids is 1. The quantitative estimate of drug-likeness (QED) is 0.620. The van der Waals surface area contributed by atoms with E-state index in [9.17, 15) is 4.79 Å². The van der Waals surface area contributed by atoms with Gasteiger partial charge in [0.25, 0.3) is 0 Å². The molecule has 0 aromatic rings. The lowest BCUT2D eigenvalue weighted by molar-refractivity contribution is -0.129. The third-order valence-corrected chi connectivity index (χ3v) is 3.48. The fourth-order valence-corrected chi connectivity index (χ4v) is 2.74. The minimum Gasteiger partial charge on any atom is -0.302 e. The van der Waals surface area contributed by atoms with Crippen molar-refractivity contribution in [1.29, 1.82) is 0 Å². The van der Waals surface area contributed by atoms with Gasteiger partial charge in [0.1, 0.15) is 5.78 Å². The zero-order valence-corrected chi connectivity index (χ0v) is 7.81. The van der Waals surface area contributed by atoms with Gasteiger partial charge in [0.15, 0.2) is 0 Å². The molecule has 2 unspecified atom stereocenters. The van der Waals surface area contributed by atoms with Crippen LogP contribution < -0.4 is 0 Å². The molecule has 2 heteroatoms. The van der Waals surface area contributed by atoms with Crippen molar-refractivity contribution in [1.82, 2.24) is 4.90 Å². The zero-order valence-electron chi connectivity index (χ0n) is 7.81. The molecular weight excluding hydrogens is 150 g/mol. The first-order valence-electron chi connectivity index (χ1n) is 5.02. The van der Waals surface area contributed by atoms with Crippen molar-refractivity contribution in [2.75, 3.05) is 19.6 Å². The van der Waals surface area contributed by atoms with Gasteiger partial charge < -0.3 is 4.90 Å². The average molecular weight is 167 g/mol. The van der Waals surface area contributed by atoms with Crippen molar-refractivity contribution < 1.29 is 4.79 Å². The fourth-order valence-electron chi connectivity index (χ4n) is 2.74. The number of hydrogen-bond donors (Lipinski definition) is 0. The maximum absolute atomic E-state index is 11.7. The summed E-state index contributed by atoms with van der Waals surface area (Å²) < 4.78 is 0. The number of piperidine rings is 1. The van der Waals surface area contributed by atoms with Crippen LogP contribution in [0, 0.1) is 5.41 Å². The van der Waals surface area contributed by atoms with Crippen LogP contribution in [0.3, 0.4) is 0 Å². The van der Waals surface area contributed by atoms with Gasteiger partial charge in [-0.2, -0.15) is 0 Å². The molecule has 2 bridgehead atoms. The highest BCUT2D eigenvalue weighted by molar-refractivity contribution is 5.85. The van der Waals surface area contributed by atoms with Gasteiger partial charge in [0.05, 0.1) is 0 Å². The molecule has 0 saturated carbocycles. The Morgan fingerprint density at radius 1 is 1.42 bits per heavy atom. The lowest BCUT2D eigenvalue weighted by atomic mass is 9.76. The molecule has 68 valence electrons. The molecule has 2 nitrogen and oxygen atoms in total. The molecule has 0 N–H and O–H groups in total. The van der Waals surface area contributed by atoms with Gasteiger partial charge in [-0.25, -0.2) is 0 Å². The number of Topliss-reactive ketones (excluding diaryl/α,β-unsaturated/α-hetero) is 1. The van der Waals surface area contributed by atoms with Crippen LogP contribution in [0.1, 0.15) is 32.6 Å². The summed E-state index contributed by atoms with van der Waals surface area (Å²) >= 11 is 0. The van der Waals surface area contributed by atoms with Gasteiger partial charge >= 0.3 is 0 Å². The Morgan fingerprint density at radius 3 is 3.00 bits per heavy atom. The maximum atomic E-state index is 11.7. The molecule has 0 aromatic heterocycles. The van der Waals surface area contributed by atoms with Crippen LogP contribution in [0.2, 0.25) is 0 Å². The van der Waals surface area contributed by atoms with Crippen LogP contribution in [-0.4, -0.2) is 30.3 Å². The molecule has 0 spiro atoms. The number of hydrogen-bond acceptors (Lipinski definition) is 2. The summed E-state index contributed by atoms with van der Waals surface area (Å²) in [7, 11) is 0. The summed E-state index contributed by atoms with van der Waals surface area (Å²) in [5, 5.41) is 0. The van der Waals surface area contributed by atoms with Crippen molar-refractivity contribution in [2.45, 2.75) is 32.6 Å². The van der Waals surface area contributed by atoms with Crippen molar-refractivity contribution >= 4 is 5.78 Å². The zero-order chi connectivity index (χ0) is 8.60. The third-order valence-electron chi connectivity index (χ3n) is 3.48. The van der Waals surface area contributed by atoms with Gasteiger partial charge in [-0.3, -0.25) is 4.79 Å². The molecular formula is C10H17NO. The van der Waals surface area contributed by atoms with E-state index in [2.05, 4.69) is 4.90 Å². The Hall–Kier alpha value is -0.370. The summed E-state index contributed by atoms with van der Waals surface area (Å²) in [6, 6.07) is 0. The van der Waals surface area contributed by atoms with Gasteiger partial charge in [0, 0.05) is 18.4 Å². The number of rotatable bonds is 2. The number of ketones is 1. The second-order valence-electron chi connectivity index (χ2n) is 4.19. The van der Waals surface area contributed by atoms with E-state index in [-0.39, 0.29) is 5.41 Å². The molecule has 2 atom stereocenters. The van der Waals surface area contributed by atoms with E-state index >= 15 is 0 Å². The van der Waals surface area contributed by atoms with Crippen LogP contribution >= 0.6 is 0 Å². The number of carbonyl (C=O) groups is 1. The van der Waals surface area contributed by atoms with Crippen LogP contribution in [0.25, 0.3) is 0 Å². The Morgan fingerprint density at radius 2 is 2.25 bits per heavy atom. The summed E-state index contributed by atoms with van der Waals surface area (Å²) in [5.74, 6) is 0.504. The maximum Gasteiger partial charge on any atom is 0.140 e. The van der Waals surface area contributed by atoms with Crippen LogP contribution in [0.5, 0.6) is 0 Å². The van der Waals surface area contributed by atoms with E-state index in [1.807, 2.05) is 6.92 Å². The van der Waals surface area contributed by atoms with Crippen LogP contribution in [-0.2, 0) is 4.79 Å². The molecule has 0 radical (unpaired) electrons. The van der Waals surface area contributed by atoms with Crippen LogP contribution in [0.4, 0.5) is 0 Å². The topological polar surface area (TPSA) is 20.3 Å². The lowest BCUT2D eigenvalue weighted by Crippen LogP contribution is -2.39. The van der Waals surface area contributed by atoms with Crippen molar-refractivity contribution in [3.05, 3.63) is 0 Å². The Labute approximate surface area is 73.9 Å². The Bertz CT molecular complexity index is 198. The normalized spacial score (nSPS) is 39.9. The molecule has 2 heterocycles. The molecule has 12 heavy (non-hydrogen) atoms. The first-order chi connectivity index (χ1) is 5.77. The highest BCUT2D eigenvalue weighted by Gasteiger charge is 2.45.